The summed E-state index contributed by atoms with van der Waals surface area (Å²) in [5.74, 6) is 0. The monoisotopic (exact) mass is 338 g/mol. The fourth-order valence-corrected chi connectivity index (χ4v) is 2.86. The van der Waals surface area contributed by atoms with Gasteiger partial charge in [-0.05, 0) is 52.7 Å². The molecule has 0 saturated carbocycles. The summed E-state index contributed by atoms with van der Waals surface area (Å²) in [7, 11) is 0. The fraction of sp³-hybridized carbons (Fsp3) is 0.636. The lowest BCUT2D eigenvalue weighted by Crippen LogP contribution is -2.31. The van der Waals surface area contributed by atoms with Crippen LogP contribution in [0.3, 0.4) is 0 Å². The van der Waals surface area contributed by atoms with Crippen molar-refractivity contribution < 1.29 is 0 Å². The van der Waals surface area contributed by atoms with Crippen molar-refractivity contribution in [2.45, 2.75) is 20.4 Å². The van der Waals surface area contributed by atoms with Gasteiger partial charge in [0.1, 0.15) is 0 Å². The Labute approximate surface area is 110 Å². The van der Waals surface area contributed by atoms with E-state index >= 15 is 0 Å². The van der Waals surface area contributed by atoms with E-state index in [9.17, 15) is 0 Å². The van der Waals surface area contributed by atoms with E-state index in [0.29, 0.717) is 0 Å². The van der Waals surface area contributed by atoms with Crippen molar-refractivity contribution in [1.82, 2.24) is 10.2 Å². The summed E-state index contributed by atoms with van der Waals surface area (Å²) >= 11 is 4.18. The highest BCUT2D eigenvalue weighted by atomic mass is 127. The molecule has 0 aliphatic carbocycles. The molecule has 0 fully saturated rings. The van der Waals surface area contributed by atoms with Crippen LogP contribution < -0.4 is 5.32 Å². The summed E-state index contributed by atoms with van der Waals surface area (Å²) in [4.78, 5) is 2.43. The van der Waals surface area contributed by atoms with Crippen molar-refractivity contribution in [2.75, 3.05) is 26.2 Å². The average molecular weight is 338 g/mol. The van der Waals surface area contributed by atoms with Gasteiger partial charge in [-0.1, -0.05) is 13.8 Å². The number of thiophene rings is 1. The quantitative estimate of drug-likeness (QED) is 0.608. The predicted octanol–water partition coefficient (Wildman–Crippen LogP) is 2.78. The average Bonchev–Trinajstić information content (AvgIpc) is 2.65. The molecule has 1 heterocycles. The molecule has 0 amide bonds. The summed E-state index contributed by atoms with van der Waals surface area (Å²) in [6, 6.07) is 2.25. The summed E-state index contributed by atoms with van der Waals surface area (Å²) in [5, 5.41) is 5.70. The Morgan fingerprint density at radius 3 is 2.67 bits per heavy atom. The van der Waals surface area contributed by atoms with Gasteiger partial charge in [0.2, 0.25) is 0 Å². The molecule has 0 aliphatic rings. The van der Waals surface area contributed by atoms with Crippen molar-refractivity contribution in [2.24, 2.45) is 0 Å². The summed E-state index contributed by atoms with van der Waals surface area (Å²) in [5.41, 5.74) is 1.41. The fourth-order valence-electron chi connectivity index (χ4n) is 1.45. The lowest BCUT2D eigenvalue weighted by molar-refractivity contribution is 0.302. The maximum atomic E-state index is 3.48. The molecule has 1 N–H and O–H groups in total. The van der Waals surface area contributed by atoms with Crippen molar-refractivity contribution in [1.29, 1.82) is 0 Å². The van der Waals surface area contributed by atoms with E-state index in [1.165, 1.54) is 8.45 Å². The molecule has 0 bridgehead atoms. The van der Waals surface area contributed by atoms with Crippen LogP contribution in [-0.4, -0.2) is 31.1 Å². The van der Waals surface area contributed by atoms with Gasteiger partial charge in [-0.3, -0.25) is 0 Å². The van der Waals surface area contributed by atoms with Gasteiger partial charge in [0.05, 0.1) is 2.88 Å². The van der Waals surface area contributed by atoms with E-state index in [1.54, 1.807) is 0 Å². The number of hydrogen-bond donors (Lipinski definition) is 1. The molecule has 4 heteroatoms. The highest BCUT2D eigenvalue weighted by Gasteiger charge is 1.99. The Bertz CT molecular complexity index is 271. The van der Waals surface area contributed by atoms with Crippen molar-refractivity contribution >= 4 is 33.9 Å². The largest absolute Gasteiger partial charge is 0.311 e. The normalized spacial score (nSPS) is 11.2. The Kier molecular flexibility index (Phi) is 6.79. The minimum absolute atomic E-state index is 1.00. The first-order valence-corrected chi connectivity index (χ1v) is 7.38. The third-order valence-corrected chi connectivity index (χ3v) is 4.29. The molecule has 0 saturated heterocycles. The molecule has 15 heavy (non-hydrogen) atoms. The topological polar surface area (TPSA) is 15.3 Å². The van der Waals surface area contributed by atoms with Crippen LogP contribution in [0, 0.1) is 2.88 Å². The van der Waals surface area contributed by atoms with Crippen molar-refractivity contribution in [3.05, 3.63) is 19.9 Å². The van der Waals surface area contributed by atoms with Crippen LogP contribution in [0.4, 0.5) is 0 Å². The summed E-state index contributed by atoms with van der Waals surface area (Å²) in [6.07, 6.45) is 0. The van der Waals surface area contributed by atoms with Crippen LogP contribution >= 0.6 is 33.9 Å². The maximum Gasteiger partial charge on any atom is 0.0656 e. The van der Waals surface area contributed by atoms with Gasteiger partial charge in [0.25, 0.3) is 0 Å². The van der Waals surface area contributed by atoms with Gasteiger partial charge >= 0.3 is 0 Å². The maximum absolute atomic E-state index is 3.48. The van der Waals surface area contributed by atoms with Gasteiger partial charge in [0.15, 0.2) is 0 Å². The molecule has 86 valence electrons. The number of hydrogen-bond acceptors (Lipinski definition) is 3. The molecular weight excluding hydrogens is 319 g/mol. The first-order chi connectivity index (χ1) is 7.26. The second-order valence-corrected chi connectivity index (χ2v) is 6.27. The van der Waals surface area contributed by atoms with Gasteiger partial charge in [-0.15, -0.1) is 11.3 Å². The molecule has 0 unspecified atom stereocenters. The minimum Gasteiger partial charge on any atom is -0.311 e. The zero-order valence-corrected chi connectivity index (χ0v) is 12.4. The third kappa shape index (κ3) is 5.29. The number of nitrogens with zero attached hydrogens (tertiary/aromatic N) is 1. The first kappa shape index (κ1) is 13.4. The lowest BCUT2D eigenvalue weighted by Gasteiger charge is -2.17. The van der Waals surface area contributed by atoms with E-state index in [0.717, 1.165) is 32.7 Å². The number of likely N-dealkylation sites (N-methyl/N-ethyl adjacent to an activating group) is 1. The van der Waals surface area contributed by atoms with E-state index in [-0.39, 0.29) is 0 Å². The van der Waals surface area contributed by atoms with E-state index in [1.807, 2.05) is 11.3 Å². The highest BCUT2D eigenvalue weighted by molar-refractivity contribution is 14.1. The second-order valence-electron chi connectivity index (χ2n) is 3.46. The van der Waals surface area contributed by atoms with Gasteiger partial charge < -0.3 is 10.2 Å². The Morgan fingerprint density at radius 2 is 2.13 bits per heavy atom. The van der Waals surface area contributed by atoms with E-state index in [2.05, 4.69) is 58.1 Å². The van der Waals surface area contributed by atoms with Crippen LogP contribution in [0.2, 0.25) is 0 Å². The minimum atomic E-state index is 1.00. The Morgan fingerprint density at radius 1 is 1.40 bits per heavy atom. The van der Waals surface area contributed by atoms with Crippen LogP contribution in [0.25, 0.3) is 0 Å². The molecular formula is C11H19IN2S. The van der Waals surface area contributed by atoms with E-state index < -0.39 is 0 Å². The summed E-state index contributed by atoms with van der Waals surface area (Å²) in [6.45, 7) is 9.95. The van der Waals surface area contributed by atoms with Crippen LogP contribution in [0.1, 0.15) is 19.4 Å². The van der Waals surface area contributed by atoms with Gasteiger partial charge in [0, 0.05) is 19.6 Å². The standard InChI is InChI=1S/C11H19IN2S/c1-3-14(4-2)6-5-13-8-10-7-11(12)15-9-10/h7,9,13H,3-6,8H2,1-2H3. The van der Waals surface area contributed by atoms with Crippen LogP contribution in [0.5, 0.6) is 0 Å². The molecule has 1 aromatic heterocycles. The molecule has 2 nitrogen and oxygen atoms in total. The van der Waals surface area contributed by atoms with Gasteiger partial charge in [-0.2, -0.15) is 0 Å². The zero-order valence-electron chi connectivity index (χ0n) is 9.42. The number of halogens is 1. The molecule has 1 rings (SSSR count). The Balaban J connectivity index is 2.11. The highest BCUT2D eigenvalue weighted by Crippen LogP contribution is 2.16. The molecule has 0 atom stereocenters. The third-order valence-electron chi connectivity index (χ3n) is 2.45. The molecule has 1 aromatic rings. The number of rotatable bonds is 7. The second kappa shape index (κ2) is 7.60. The smallest absolute Gasteiger partial charge is 0.0656 e. The number of nitrogens with one attached hydrogen (secondary N) is 1. The molecule has 0 spiro atoms. The van der Waals surface area contributed by atoms with Crippen LogP contribution in [-0.2, 0) is 6.54 Å². The predicted molar refractivity (Wildman–Crippen MR) is 76.5 cm³/mol. The van der Waals surface area contributed by atoms with Crippen molar-refractivity contribution in [3.8, 4) is 0 Å². The van der Waals surface area contributed by atoms with Gasteiger partial charge in [-0.25, -0.2) is 0 Å². The Hall–Kier alpha value is 0.350. The van der Waals surface area contributed by atoms with Crippen molar-refractivity contribution in [3.63, 3.8) is 0 Å². The van der Waals surface area contributed by atoms with E-state index in [4.69, 9.17) is 0 Å². The lowest BCUT2D eigenvalue weighted by atomic mass is 10.3. The molecule has 0 aromatic carbocycles. The SMILES string of the molecule is CCN(CC)CCNCc1csc(I)c1. The first-order valence-electron chi connectivity index (χ1n) is 5.42. The molecule has 0 aliphatic heterocycles. The molecule has 0 radical (unpaired) electrons. The zero-order chi connectivity index (χ0) is 11.1. The van der Waals surface area contributed by atoms with Crippen LogP contribution in [0.15, 0.2) is 11.4 Å². The summed E-state index contributed by atoms with van der Waals surface area (Å²) < 4.78 is 1.37.